The molecule has 1 aliphatic heterocycles. The molecule has 0 radical (unpaired) electrons. The molecule has 0 aromatic carbocycles. The number of rotatable bonds is 9. The van der Waals surface area contributed by atoms with Crippen LogP contribution in [0.5, 0.6) is 0 Å². The molecule has 0 spiro atoms. The van der Waals surface area contributed by atoms with E-state index in [1.54, 1.807) is 0 Å². The molecule has 1 saturated heterocycles. The molecule has 19 heavy (non-hydrogen) atoms. The molecular formula is C14H28N2OS2. The van der Waals surface area contributed by atoms with Gasteiger partial charge in [0.15, 0.2) is 0 Å². The highest BCUT2D eigenvalue weighted by molar-refractivity contribution is 8.15. The zero-order valence-electron chi connectivity index (χ0n) is 12.6. The SMILES string of the molecule is CCC(CC(C)(CC)CNC(=O)SCC1CS1)NC. The van der Waals surface area contributed by atoms with E-state index in [4.69, 9.17) is 0 Å². The van der Waals surface area contributed by atoms with Crippen LogP contribution in [0.25, 0.3) is 0 Å². The van der Waals surface area contributed by atoms with E-state index in [0.29, 0.717) is 6.04 Å². The predicted molar refractivity (Wildman–Crippen MR) is 88.3 cm³/mol. The summed E-state index contributed by atoms with van der Waals surface area (Å²) in [7, 11) is 2.02. The molecule has 3 unspecified atom stereocenters. The zero-order valence-corrected chi connectivity index (χ0v) is 14.3. The third-order valence-corrected chi connectivity index (χ3v) is 6.11. The van der Waals surface area contributed by atoms with Crippen molar-refractivity contribution >= 4 is 28.8 Å². The monoisotopic (exact) mass is 304 g/mol. The fourth-order valence-corrected chi connectivity index (χ4v) is 3.68. The van der Waals surface area contributed by atoms with Crippen molar-refractivity contribution in [3.8, 4) is 0 Å². The Morgan fingerprint density at radius 3 is 2.68 bits per heavy atom. The van der Waals surface area contributed by atoms with Crippen molar-refractivity contribution < 1.29 is 4.79 Å². The number of amides is 1. The van der Waals surface area contributed by atoms with Gasteiger partial charge in [0.1, 0.15) is 0 Å². The molecule has 1 heterocycles. The first-order valence-corrected chi connectivity index (χ1v) is 9.26. The number of carbonyl (C=O) groups excluding carboxylic acids is 1. The van der Waals surface area contributed by atoms with E-state index in [2.05, 4.69) is 31.4 Å². The molecule has 1 fully saturated rings. The van der Waals surface area contributed by atoms with Gasteiger partial charge >= 0.3 is 0 Å². The highest BCUT2D eigenvalue weighted by atomic mass is 32.2. The Labute approximate surface area is 126 Å². The summed E-state index contributed by atoms with van der Waals surface area (Å²) in [6.45, 7) is 7.47. The van der Waals surface area contributed by atoms with Gasteiger partial charge in [-0.15, -0.1) is 0 Å². The van der Waals surface area contributed by atoms with Crippen molar-refractivity contribution in [2.75, 3.05) is 25.1 Å². The van der Waals surface area contributed by atoms with E-state index >= 15 is 0 Å². The lowest BCUT2D eigenvalue weighted by molar-refractivity contribution is 0.226. The fourth-order valence-electron chi connectivity index (χ4n) is 2.06. The third kappa shape index (κ3) is 6.91. The Kier molecular flexibility index (Phi) is 7.62. The minimum Gasteiger partial charge on any atom is -0.346 e. The third-order valence-electron chi connectivity index (χ3n) is 3.96. The number of carbonyl (C=O) groups is 1. The molecule has 0 aromatic heterocycles. The van der Waals surface area contributed by atoms with E-state index in [-0.39, 0.29) is 10.7 Å². The molecule has 1 aliphatic rings. The first-order chi connectivity index (χ1) is 9.03. The van der Waals surface area contributed by atoms with Crippen LogP contribution in [0.4, 0.5) is 4.79 Å². The Morgan fingerprint density at radius 1 is 1.53 bits per heavy atom. The van der Waals surface area contributed by atoms with Crippen LogP contribution < -0.4 is 10.6 Å². The Morgan fingerprint density at radius 2 is 2.21 bits per heavy atom. The average molecular weight is 305 g/mol. The van der Waals surface area contributed by atoms with Crippen molar-refractivity contribution in [1.29, 1.82) is 0 Å². The van der Waals surface area contributed by atoms with Gasteiger partial charge in [0, 0.05) is 29.3 Å². The summed E-state index contributed by atoms with van der Waals surface area (Å²) in [4.78, 5) is 11.8. The second kappa shape index (κ2) is 8.42. The van der Waals surface area contributed by atoms with Crippen LogP contribution in [0.3, 0.4) is 0 Å². The lowest BCUT2D eigenvalue weighted by atomic mass is 9.80. The van der Waals surface area contributed by atoms with Crippen molar-refractivity contribution in [3.63, 3.8) is 0 Å². The molecule has 2 N–H and O–H groups in total. The van der Waals surface area contributed by atoms with E-state index in [1.165, 1.54) is 17.5 Å². The van der Waals surface area contributed by atoms with Crippen molar-refractivity contribution in [1.82, 2.24) is 10.6 Å². The topological polar surface area (TPSA) is 41.1 Å². The number of hydrogen-bond donors (Lipinski definition) is 2. The molecule has 1 rings (SSSR count). The van der Waals surface area contributed by atoms with Crippen molar-refractivity contribution in [2.45, 2.75) is 51.3 Å². The van der Waals surface area contributed by atoms with Crippen molar-refractivity contribution in [3.05, 3.63) is 0 Å². The Bertz CT molecular complexity index is 281. The van der Waals surface area contributed by atoms with Crippen LogP contribution in [0, 0.1) is 5.41 Å². The maximum absolute atomic E-state index is 11.8. The van der Waals surface area contributed by atoms with E-state index in [9.17, 15) is 4.79 Å². The first-order valence-electron chi connectivity index (χ1n) is 7.22. The highest BCUT2D eigenvalue weighted by Gasteiger charge is 2.27. The van der Waals surface area contributed by atoms with Gasteiger partial charge in [-0.1, -0.05) is 32.5 Å². The molecular weight excluding hydrogens is 276 g/mol. The molecule has 0 saturated carbocycles. The van der Waals surface area contributed by atoms with E-state index in [0.717, 1.165) is 36.8 Å². The predicted octanol–water partition coefficient (Wildman–Crippen LogP) is 3.35. The van der Waals surface area contributed by atoms with Crippen LogP contribution in [0.1, 0.15) is 40.0 Å². The van der Waals surface area contributed by atoms with Crippen LogP contribution in [0.15, 0.2) is 0 Å². The van der Waals surface area contributed by atoms with Gasteiger partial charge in [-0.05, 0) is 31.7 Å². The normalized spacial score (nSPS) is 22.6. The van der Waals surface area contributed by atoms with Gasteiger partial charge in [-0.3, -0.25) is 4.79 Å². The zero-order chi connectivity index (χ0) is 14.3. The Hall–Kier alpha value is 0.130. The van der Waals surface area contributed by atoms with Gasteiger partial charge < -0.3 is 10.6 Å². The molecule has 112 valence electrons. The van der Waals surface area contributed by atoms with Gasteiger partial charge in [-0.25, -0.2) is 0 Å². The molecule has 0 aliphatic carbocycles. The lowest BCUT2D eigenvalue weighted by Crippen LogP contribution is -2.39. The van der Waals surface area contributed by atoms with E-state index in [1.807, 2.05) is 18.8 Å². The maximum atomic E-state index is 11.8. The van der Waals surface area contributed by atoms with Crippen LogP contribution >= 0.6 is 23.5 Å². The highest BCUT2D eigenvalue weighted by Crippen LogP contribution is 2.33. The summed E-state index contributed by atoms with van der Waals surface area (Å²) in [6, 6.07) is 0.539. The molecule has 5 heteroatoms. The second-order valence-electron chi connectivity index (χ2n) is 5.67. The first kappa shape index (κ1) is 17.2. The van der Waals surface area contributed by atoms with Gasteiger partial charge in [0.2, 0.25) is 0 Å². The van der Waals surface area contributed by atoms with Gasteiger partial charge in [0.25, 0.3) is 5.24 Å². The van der Waals surface area contributed by atoms with Crippen LogP contribution in [0.2, 0.25) is 0 Å². The number of thioether (sulfide) groups is 2. The smallest absolute Gasteiger partial charge is 0.279 e. The summed E-state index contributed by atoms with van der Waals surface area (Å²) in [6.07, 6.45) is 3.34. The standard InChI is InChI=1S/C14H28N2OS2/c1-5-11(15-4)7-14(3,6-2)10-16-13(17)19-9-12-8-18-12/h11-12,15H,5-10H2,1-4H3,(H,16,17). The van der Waals surface area contributed by atoms with Crippen LogP contribution in [-0.4, -0.2) is 41.6 Å². The minimum atomic E-state index is 0.143. The van der Waals surface area contributed by atoms with Gasteiger partial charge in [-0.2, -0.15) is 11.8 Å². The van der Waals surface area contributed by atoms with Crippen molar-refractivity contribution in [2.24, 2.45) is 5.41 Å². The molecule has 0 bridgehead atoms. The largest absolute Gasteiger partial charge is 0.346 e. The summed E-state index contributed by atoms with van der Waals surface area (Å²) < 4.78 is 0. The second-order valence-corrected chi connectivity index (χ2v) is 8.00. The van der Waals surface area contributed by atoms with Gasteiger partial charge in [0.05, 0.1) is 0 Å². The quantitative estimate of drug-likeness (QED) is 0.641. The molecule has 3 atom stereocenters. The summed E-state index contributed by atoms with van der Waals surface area (Å²) in [5.74, 6) is 2.20. The van der Waals surface area contributed by atoms with E-state index < -0.39 is 0 Å². The number of nitrogens with one attached hydrogen (secondary N) is 2. The number of hydrogen-bond acceptors (Lipinski definition) is 4. The summed E-state index contributed by atoms with van der Waals surface area (Å²) in [5, 5.41) is 7.32. The summed E-state index contributed by atoms with van der Waals surface area (Å²) in [5.41, 5.74) is 0.189. The maximum Gasteiger partial charge on any atom is 0.279 e. The molecule has 1 amide bonds. The fraction of sp³-hybridized carbons (Fsp3) is 0.929. The Balaban J connectivity index is 2.29. The summed E-state index contributed by atoms with van der Waals surface area (Å²) >= 11 is 3.39. The lowest BCUT2D eigenvalue weighted by Gasteiger charge is -2.32. The molecule has 0 aromatic rings. The van der Waals surface area contributed by atoms with Crippen LogP contribution in [-0.2, 0) is 0 Å². The average Bonchev–Trinajstić information content (AvgIpc) is 3.24. The minimum absolute atomic E-state index is 0.143. The molecule has 3 nitrogen and oxygen atoms in total.